The van der Waals surface area contributed by atoms with Gasteiger partial charge >= 0.3 is 0 Å². The van der Waals surface area contributed by atoms with E-state index >= 15 is 0 Å². The summed E-state index contributed by atoms with van der Waals surface area (Å²) in [6.07, 6.45) is 3.48. The van der Waals surface area contributed by atoms with E-state index in [-0.39, 0.29) is 24.2 Å². The van der Waals surface area contributed by atoms with Crippen LogP contribution in [0.4, 0.5) is 5.69 Å². The van der Waals surface area contributed by atoms with Gasteiger partial charge in [0.2, 0.25) is 5.91 Å². The molecule has 2 N–H and O–H groups in total. The third-order valence-electron chi connectivity index (χ3n) is 2.18. The fourth-order valence-electron chi connectivity index (χ4n) is 1.27. The normalized spacial score (nSPS) is 11.7. The van der Waals surface area contributed by atoms with Crippen LogP contribution in [-0.4, -0.2) is 29.3 Å². The summed E-state index contributed by atoms with van der Waals surface area (Å²) < 4.78 is 1.78. The summed E-state index contributed by atoms with van der Waals surface area (Å²) in [5.41, 5.74) is 0.754. The molecular formula is C10H19ClN4O. The maximum absolute atomic E-state index is 11.6. The Balaban J connectivity index is 0.00000225. The largest absolute Gasteiger partial charge is 0.323 e. The number of halogens is 1. The molecule has 0 fully saturated rings. The van der Waals surface area contributed by atoms with E-state index in [0.29, 0.717) is 6.54 Å². The van der Waals surface area contributed by atoms with Crippen LogP contribution in [0.5, 0.6) is 0 Å². The van der Waals surface area contributed by atoms with Gasteiger partial charge in [-0.1, -0.05) is 6.92 Å². The number of carbonyl (C=O) groups is 1. The number of anilines is 1. The molecule has 5 nitrogen and oxygen atoms in total. The SMILES string of the molecule is CCn1cc(NC(=O)C(C)CNC)cn1.Cl. The molecule has 0 aliphatic heterocycles. The Bertz CT molecular complexity index is 326. The fraction of sp³-hybridized carbons (Fsp3) is 0.600. The van der Waals surface area contributed by atoms with Crippen molar-refractivity contribution in [3.05, 3.63) is 12.4 Å². The summed E-state index contributed by atoms with van der Waals surface area (Å²) in [4.78, 5) is 11.6. The highest BCUT2D eigenvalue weighted by molar-refractivity contribution is 5.92. The van der Waals surface area contributed by atoms with Gasteiger partial charge in [-0.3, -0.25) is 9.48 Å². The number of nitrogens with zero attached hydrogens (tertiary/aromatic N) is 2. The van der Waals surface area contributed by atoms with Crippen molar-refractivity contribution in [2.45, 2.75) is 20.4 Å². The number of aromatic nitrogens is 2. The van der Waals surface area contributed by atoms with Crippen molar-refractivity contribution in [1.29, 1.82) is 0 Å². The summed E-state index contributed by atoms with van der Waals surface area (Å²) in [6.45, 7) is 5.37. The molecule has 16 heavy (non-hydrogen) atoms. The average molecular weight is 247 g/mol. The second-order valence-corrected chi connectivity index (χ2v) is 3.53. The minimum Gasteiger partial charge on any atom is -0.323 e. The van der Waals surface area contributed by atoms with Crippen molar-refractivity contribution >= 4 is 24.0 Å². The van der Waals surface area contributed by atoms with Gasteiger partial charge in [-0.15, -0.1) is 12.4 Å². The minimum atomic E-state index is -0.0417. The molecule has 0 bridgehead atoms. The van der Waals surface area contributed by atoms with Gasteiger partial charge in [0, 0.05) is 25.2 Å². The molecule has 0 radical (unpaired) electrons. The van der Waals surface area contributed by atoms with Crippen LogP contribution in [0, 0.1) is 5.92 Å². The van der Waals surface area contributed by atoms with Gasteiger partial charge in [0.25, 0.3) is 0 Å². The Kier molecular flexibility index (Phi) is 6.76. The monoisotopic (exact) mass is 246 g/mol. The molecule has 1 unspecified atom stereocenters. The third kappa shape index (κ3) is 4.20. The summed E-state index contributed by atoms with van der Waals surface area (Å²) in [7, 11) is 1.83. The first kappa shape index (κ1) is 14.9. The first-order valence-electron chi connectivity index (χ1n) is 5.15. The lowest BCUT2D eigenvalue weighted by molar-refractivity contribution is -0.119. The van der Waals surface area contributed by atoms with Crippen LogP contribution >= 0.6 is 12.4 Å². The smallest absolute Gasteiger partial charge is 0.228 e. The van der Waals surface area contributed by atoms with E-state index in [1.54, 1.807) is 10.9 Å². The quantitative estimate of drug-likeness (QED) is 0.819. The number of hydrogen-bond acceptors (Lipinski definition) is 3. The average Bonchev–Trinajstić information content (AvgIpc) is 2.66. The molecule has 1 amide bonds. The summed E-state index contributed by atoms with van der Waals surface area (Å²) in [5, 5.41) is 9.87. The number of rotatable bonds is 5. The summed E-state index contributed by atoms with van der Waals surface area (Å²) in [6, 6.07) is 0. The highest BCUT2D eigenvalue weighted by atomic mass is 35.5. The van der Waals surface area contributed by atoms with Gasteiger partial charge in [0.15, 0.2) is 0 Å². The molecule has 1 rings (SSSR count). The van der Waals surface area contributed by atoms with Crippen molar-refractivity contribution in [2.75, 3.05) is 18.9 Å². The zero-order valence-corrected chi connectivity index (χ0v) is 10.7. The molecule has 1 aromatic rings. The number of hydrogen-bond donors (Lipinski definition) is 2. The zero-order chi connectivity index (χ0) is 11.3. The van der Waals surface area contributed by atoms with Crippen LogP contribution in [-0.2, 0) is 11.3 Å². The van der Waals surface area contributed by atoms with E-state index in [4.69, 9.17) is 0 Å². The molecular weight excluding hydrogens is 228 g/mol. The van der Waals surface area contributed by atoms with Gasteiger partial charge in [0.05, 0.1) is 11.9 Å². The number of nitrogens with one attached hydrogen (secondary N) is 2. The minimum absolute atomic E-state index is 0. The fourth-order valence-corrected chi connectivity index (χ4v) is 1.27. The summed E-state index contributed by atoms with van der Waals surface area (Å²) in [5.74, 6) is -0.0278. The lowest BCUT2D eigenvalue weighted by Crippen LogP contribution is -2.28. The first-order chi connectivity index (χ1) is 7.17. The van der Waals surface area contributed by atoms with Crippen LogP contribution < -0.4 is 10.6 Å². The Morgan fingerprint density at radius 1 is 1.62 bits per heavy atom. The van der Waals surface area contributed by atoms with Crippen LogP contribution in [0.3, 0.4) is 0 Å². The van der Waals surface area contributed by atoms with Gasteiger partial charge < -0.3 is 10.6 Å². The van der Waals surface area contributed by atoms with E-state index in [1.165, 1.54) is 0 Å². The predicted octanol–water partition coefficient (Wildman–Crippen LogP) is 1.12. The number of aryl methyl sites for hydroxylation is 1. The molecule has 0 saturated heterocycles. The van der Waals surface area contributed by atoms with Gasteiger partial charge in [0.1, 0.15) is 0 Å². The van der Waals surface area contributed by atoms with Crippen molar-refractivity contribution < 1.29 is 4.79 Å². The maximum atomic E-state index is 11.6. The molecule has 0 aromatic carbocycles. The zero-order valence-electron chi connectivity index (χ0n) is 9.86. The molecule has 1 atom stereocenters. The highest BCUT2D eigenvalue weighted by Crippen LogP contribution is 2.06. The molecule has 0 aliphatic carbocycles. The van der Waals surface area contributed by atoms with Crippen molar-refractivity contribution in [2.24, 2.45) is 5.92 Å². The van der Waals surface area contributed by atoms with Crippen molar-refractivity contribution in [3.63, 3.8) is 0 Å². The molecule has 0 spiro atoms. The maximum Gasteiger partial charge on any atom is 0.228 e. The Morgan fingerprint density at radius 3 is 2.81 bits per heavy atom. The lowest BCUT2D eigenvalue weighted by atomic mass is 10.1. The van der Waals surface area contributed by atoms with E-state index < -0.39 is 0 Å². The van der Waals surface area contributed by atoms with Crippen LogP contribution in [0.15, 0.2) is 12.4 Å². The van der Waals surface area contributed by atoms with Crippen molar-refractivity contribution in [3.8, 4) is 0 Å². The Hall–Kier alpha value is -1.07. The molecule has 0 aliphatic rings. The van der Waals surface area contributed by atoms with E-state index in [9.17, 15) is 4.79 Å². The second kappa shape index (κ2) is 7.24. The molecule has 1 aromatic heterocycles. The van der Waals surface area contributed by atoms with Crippen LogP contribution in [0.25, 0.3) is 0 Å². The summed E-state index contributed by atoms with van der Waals surface area (Å²) >= 11 is 0. The van der Waals surface area contributed by atoms with E-state index in [0.717, 1.165) is 12.2 Å². The molecule has 1 heterocycles. The van der Waals surface area contributed by atoms with E-state index in [2.05, 4.69) is 15.7 Å². The standard InChI is InChI=1S/C10H18N4O.ClH/c1-4-14-7-9(6-12-14)13-10(15)8(2)5-11-3;/h6-8,11H,4-5H2,1-3H3,(H,13,15);1H. The number of carbonyl (C=O) groups excluding carboxylic acids is 1. The van der Waals surface area contributed by atoms with Crippen LogP contribution in [0.1, 0.15) is 13.8 Å². The highest BCUT2D eigenvalue weighted by Gasteiger charge is 2.12. The molecule has 92 valence electrons. The number of amides is 1. The van der Waals surface area contributed by atoms with Crippen molar-refractivity contribution in [1.82, 2.24) is 15.1 Å². The van der Waals surface area contributed by atoms with Gasteiger partial charge in [-0.05, 0) is 14.0 Å². The Labute approximate surface area is 102 Å². The van der Waals surface area contributed by atoms with Crippen LogP contribution in [0.2, 0.25) is 0 Å². The second-order valence-electron chi connectivity index (χ2n) is 3.53. The predicted molar refractivity (Wildman–Crippen MR) is 66.9 cm³/mol. The molecule has 6 heteroatoms. The first-order valence-corrected chi connectivity index (χ1v) is 5.15. The molecule has 0 saturated carbocycles. The van der Waals surface area contributed by atoms with Gasteiger partial charge in [-0.25, -0.2) is 0 Å². The topological polar surface area (TPSA) is 59.0 Å². The Morgan fingerprint density at radius 2 is 2.31 bits per heavy atom. The lowest BCUT2D eigenvalue weighted by Gasteiger charge is -2.09. The van der Waals surface area contributed by atoms with E-state index in [1.807, 2.05) is 27.1 Å². The third-order valence-corrected chi connectivity index (χ3v) is 2.18. The van der Waals surface area contributed by atoms with Gasteiger partial charge in [-0.2, -0.15) is 5.10 Å².